The molecule has 1 aromatic rings. The largest absolute Gasteiger partial charge is 0.395 e. The van der Waals surface area contributed by atoms with Gasteiger partial charge in [0.2, 0.25) is 10.0 Å². The third-order valence-electron chi connectivity index (χ3n) is 2.35. The highest BCUT2D eigenvalue weighted by Gasteiger charge is 2.23. The van der Waals surface area contributed by atoms with E-state index in [2.05, 4.69) is 15.9 Å². The molecule has 0 aliphatic heterocycles. The van der Waals surface area contributed by atoms with Crippen LogP contribution in [0.15, 0.2) is 27.6 Å². The number of aliphatic hydroxyl groups excluding tert-OH is 1. The average molecular weight is 357 g/mol. The molecule has 0 spiro atoms. The van der Waals surface area contributed by atoms with Crippen molar-refractivity contribution in [2.45, 2.75) is 18.2 Å². The summed E-state index contributed by atoms with van der Waals surface area (Å²) in [6, 6.07) is 4.46. The van der Waals surface area contributed by atoms with E-state index in [1.54, 1.807) is 0 Å². The van der Waals surface area contributed by atoms with Crippen molar-refractivity contribution in [1.82, 2.24) is 4.31 Å². The van der Waals surface area contributed by atoms with Gasteiger partial charge in [0.1, 0.15) is 0 Å². The molecule has 18 heavy (non-hydrogen) atoms. The van der Waals surface area contributed by atoms with Gasteiger partial charge in [0.05, 0.1) is 16.5 Å². The monoisotopic (exact) mass is 355 g/mol. The average Bonchev–Trinajstić information content (AvgIpc) is 2.32. The second-order valence-corrected chi connectivity index (χ2v) is 6.90. The predicted molar refractivity (Wildman–Crippen MR) is 75.3 cm³/mol. The summed E-state index contributed by atoms with van der Waals surface area (Å²) in [5.74, 6) is 0. The maximum atomic E-state index is 12.3. The van der Waals surface area contributed by atoms with Crippen LogP contribution < -0.4 is 0 Å². The molecule has 0 radical (unpaired) electrons. The van der Waals surface area contributed by atoms with Crippen LogP contribution in [0, 0.1) is 0 Å². The number of hydrogen-bond acceptors (Lipinski definition) is 3. The molecule has 102 valence electrons. The number of nitrogens with zero attached hydrogens (tertiary/aromatic N) is 1. The van der Waals surface area contributed by atoms with Gasteiger partial charge in [-0.2, -0.15) is 4.31 Å². The molecule has 0 saturated carbocycles. The zero-order valence-corrected chi connectivity index (χ0v) is 13.1. The van der Waals surface area contributed by atoms with Crippen molar-refractivity contribution in [2.24, 2.45) is 0 Å². The third-order valence-corrected chi connectivity index (χ3v) is 5.46. The van der Waals surface area contributed by atoms with Gasteiger partial charge in [0.25, 0.3) is 0 Å². The zero-order valence-electron chi connectivity index (χ0n) is 9.94. The van der Waals surface area contributed by atoms with E-state index in [0.717, 1.165) is 0 Å². The first-order valence-corrected chi connectivity index (χ1v) is 8.10. The van der Waals surface area contributed by atoms with Crippen molar-refractivity contribution in [3.8, 4) is 0 Å². The summed E-state index contributed by atoms with van der Waals surface area (Å²) in [5.41, 5.74) is 0. The molecule has 0 aliphatic rings. The summed E-state index contributed by atoms with van der Waals surface area (Å²) in [4.78, 5) is 0.167. The Kier molecular flexibility index (Phi) is 6.07. The van der Waals surface area contributed by atoms with Gasteiger partial charge in [0.15, 0.2) is 0 Å². The maximum absolute atomic E-state index is 12.3. The van der Waals surface area contributed by atoms with E-state index >= 15 is 0 Å². The van der Waals surface area contributed by atoms with Crippen LogP contribution in [-0.4, -0.2) is 37.5 Å². The van der Waals surface area contributed by atoms with Crippen molar-refractivity contribution in [3.05, 3.63) is 27.7 Å². The molecule has 4 nitrogen and oxygen atoms in total. The molecular weight excluding hydrogens is 342 g/mol. The van der Waals surface area contributed by atoms with Crippen LogP contribution in [0.25, 0.3) is 0 Å². The van der Waals surface area contributed by atoms with Crippen LogP contribution in [0.2, 0.25) is 5.02 Å². The Bertz CT molecular complexity index is 501. The van der Waals surface area contributed by atoms with Crippen LogP contribution in [0.4, 0.5) is 0 Å². The van der Waals surface area contributed by atoms with Crippen molar-refractivity contribution in [1.29, 1.82) is 0 Å². The van der Waals surface area contributed by atoms with Crippen LogP contribution >= 0.6 is 27.5 Å². The van der Waals surface area contributed by atoms with Gasteiger partial charge in [-0.3, -0.25) is 0 Å². The maximum Gasteiger partial charge on any atom is 0.243 e. The van der Waals surface area contributed by atoms with Crippen LogP contribution in [-0.2, 0) is 10.0 Å². The minimum Gasteiger partial charge on any atom is -0.395 e. The first kappa shape index (κ1) is 15.9. The third kappa shape index (κ3) is 3.68. The van der Waals surface area contributed by atoms with E-state index in [9.17, 15) is 8.42 Å². The van der Waals surface area contributed by atoms with Crippen molar-refractivity contribution < 1.29 is 13.5 Å². The Morgan fingerprint density at radius 1 is 1.39 bits per heavy atom. The van der Waals surface area contributed by atoms with Gasteiger partial charge >= 0.3 is 0 Å². The van der Waals surface area contributed by atoms with Gasteiger partial charge in [0, 0.05) is 17.6 Å². The number of benzene rings is 1. The van der Waals surface area contributed by atoms with E-state index in [1.807, 2.05) is 6.92 Å². The Labute approximate surface area is 121 Å². The summed E-state index contributed by atoms with van der Waals surface area (Å²) in [6.45, 7) is 2.16. The smallest absolute Gasteiger partial charge is 0.243 e. The fraction of sp³-hybridized carbons (Fsp3) is 0.455. The Morgan fingerprint density at radius 3 is 2.56 bits per heavy atom. The first-order chi connectivity index (χ1) is 8.43. The number of aliphatic hydroxyl groups is 1. The molecule has 1 rings (SSSR count). The lowest BCUT2D eigenvalue weighted by Gasteiger charge is -2.20. The molecular formula is C11H15BrClNO3S. The Balaban J connectivity index is 3.13. The van der Waals surface area contributed by atoms with Crippen molar-refractivity contribution >= 4 is 37.6 Å². The van der Waals surface area contributed by atoms with Crippen LogP contribution in [0.5, 0.6) is 0 Å². The minimum atomic E-state index is -3.58. The molecule has 0 heterocycles. The highest BCUT2D eigenvalue weighted by atomic mass is 79.9. The lowest BCUT2D eigenvalue weighted by molar-refractivity contribution is 0.253. The summed E-state index contributed by atoms with van der Waals surface area (Å²) >= 11 is 9.04. The van der Waals surface area contributed by atoms with E-state index in [4.69, 9.17) is 16.7 Å². The molecule has 0 unspecified atom stereocenters. The molecule has 7 heteroatoms. The summed E-state index contributed by atoms with van der Waals surface area (Å²) in [7, 11) is -3.58. The Hall–Kier alpha value is -0.140. The lowest BCUT2D eigenvalue weighted by atomic mass is 10.4. The van der Waals surface area contributed by atoms with Crippen LogP contribution in [0.3, 0.4) is 0 Å². The van der Waals surface area contributed by atoms with Gasteiger partial charge in [-0.05, 0) is 40.5 Å². The number of rotatable bonds is 6. The standard InChI is InChI=1S/C11H15BrClNO3S/c1-2-5-14(6-7-15)18(16,17)9-3-4-11(13)10(12)8-9/h3-4,8,15H,2,5-7H2,1H3. The molecule has 0 aromatic heterocycles. The number of sulfonamides is 1. The topological polar surface area (TPSA) is 57.6 Å². The summed E-state index contributed by atoms with van der Waals surface area (Å²) in [6.07, 6.45) is 0.688. The van der Waals surface area contributed by atoms with Gasteiger partial charge in [-0.1, -0.05) is 18.5 Å². The van der Waals surface area contributed by atoms with E-state index in [1.165, 1.54) is 22.5 Å². The molecule has 1 aromatic carbocycles. The van der Waals surface area contributed by atoms with E-state index in [0.29, 0.717) is 22.5 Å². The molecule has 0 fully saturated rings. The predicted octanol–water partition coefficient (Wildman–Crippen LogP) is 2.50. The number of halogens is 2. The molecule has 0 atom stereocenters. The fourth-order valence-electron chi connectivity index (χ4n) is 1.50. The summed E-state index contributed by atoms with van der Waals surface area (Å²) < 4.78 is 26.5. The van der Waals surface area contributed by atoms with Crippen molar-refractivity contribution in [3.63, 3.8) is 0 Å². The second-order valence-electron chi connectivity index (χ2n) is 3.70. The molecule has 0 bridgehead atoms. The molecule has 1 N–H and O–H groups in total. The highest BCUT2D eigenvalue weighted by molar-refractivity contribution is 9.10. The van der Waals surface area contributed by atoms with Crippen LogP contribution in [0.1, 0.15) is 13.3 Å². The first-order valence-electron chi connectivity index (χ1n) is 5.49. The van der Waals surface area contributed by atoms with Gasteiger partial charge < -0.3 is 5.11 Å². The van der Waals surface area contributed by atoms with Gasteiger partial charge in [-0.25, -0.2) is 8.42 Å². The molecule has 0 aliphatic carbocycles. The minimum absolute atomic E-state index is 0.0937. The lowest BCUT2D eigenvalue weighted by Crippen LogP contribution is -2.34. The highest BCUT2D eigenvalue weighted by Crippen LogP contribution is 2.26. The quantitative estimate of drug-likeness (QED) is 0.852. The number of hydrogen-bond donors (Lipinski definition) is 1. The van der Waals surface area contributed by atoms with Crippen molar-refractivity contribution in [2.75, 3.05) is 19.7 Å². The zero-order chi connectivity index (χ0) is 13.8. The van der Waals surface area contributed by atoms with E-state index in [-0.39, 0.29) is 18.0 Å². The van der Waals surface area contributed by atoms with Gasteiger partial charge in [-0.15, -0.1) is 0 Å². The molecule has 0 saturated heterocycles. The second kappa shape index (κ2) is 6.86. The Morgan fingerprint density at radius 2 is 2.06 bits per heavy atom. The fourth-order valence-corrected chi connectivity index (χ4v) is 3.70. The normalized spacial score (nSPS) is 12.1. The van der Waals surface area contributed by atoms with E-state index < -0.39 is 10.0 Å². The summed E-state index contributed by atoms with van der Waals surface area (Å²) in [5, 5.41) is 9.39. The molecule has 0 amide bonds. The SMILES string of the molecule is CCCN(CCO)S(=O)(=O)c1ccc(Cl)c(Br)c1.